The lowest BCUT2D eigenvalue weighted by atomic mass is 9.95. The molecule has 0 saturated heterocycles. The Morgan fingerprint density at radius 3 is 2.13 bits per heavy atom. The van der Waals surface area contributed by atoms with Crippen LogP contribution in [-0.2, 0) is 6.18 Å². The average Bonchev–Trinajstić information content (AvgIpc) is 2.00. The van der Waals surface area contributed by atoms with Gasteiger partial charge in [0.1, 0.15) is 0 Å². The summed E-state index contributed by atoms with van der Waals surface area (Å²) in [6.07, 6.45) is -4.40. The van der Waals surface area contributed by atoms with Crippen LogP contribution in [0.25, 0.3) is 0 Å². The molecule has 0 bridgehead atoms. The number of halogens is 3. The largest absolute Gasteiger partial charge is 0.416 e. The van der Waals surface area contributed by atoms with E-state index in [1.807, 2.05) is 0 Å². The lowest BCUT2D eigenvalue weighted by Gasteiger charge is -2.14. The number of aryl methyl sites for hydroxylation is 1. The standard InChI is InChI=1S/C11H11F3O/c1-6-4-5-9(11(12,13)14)7(2)10(6)8(3)15/h4-5H,1-3H3. The summed E-state index contributed by atoms with van der Waals surface area (Å²) in [6, 6.07) is 2.34. The van der Waals surface area contributed by atoms with Gasteiger partial charge in [-0.3, -0.25) is 4.79 Å². The normalized spacial score (nSPS) is 11.6. The number of carbonyl (C=O) groups is 1. The molecule has 0 spiro atoms. The van der Waals surface area contributed by atoms with Crippen molar-refractivity contribution in [3.8, 4) is 0 Å². The molecule has 0 aliphatic rings. The van der Waals surface area contributed by atoms with E-state index in [9.17, 15) is 18.0 Å². The summed E-state index contributed by atoms with van der Waals surface area (Å²) in [6.45, 7) is 4.23. The van der Waals surface area contributed by atoms with Gasteiger partial charge in [0, 0.05) is 5.56 Å². The molecule has 1 aromatic rings. The molecule has 0 aromatic heterocycles. The van der Waals surface area contributed by atoms with Crippen LogP contribution in [0.1, 0.15) is 34.0 Å². The van der Waals surface area contributed by atoms with E-state index >= 15 is 0 Å². The lowest BCUT2D eigenvalue weighted by Crippen LogP contribution is -2.11. The second kappa shape index (κ2) is 3.68. The molecule has 0 heterocycles. The summed E-state index contributed by atoms with van der Waals surface area (Å²) in [4.78, 5) is 11.2. The summed E-state index contributed by atoms with van der Waals surface area (Å²) < 4.78 is 37.5. The smallest absolute Gasteiger partial charge is 0.294 e. The highest BCUT2D eigenvalue weighted by molar-refractivity contribution is 5.97. The molecule has 0 unspecified atom stereocenters. The first-order valence-corrected chi connectivity index (χ1v) is 4.43. The van der Waals surface area contributed by atoms with Crippen molar-refractivity contribution in [1.29, 1.82) is 0 Å². The van der Waals surface area contributed by atoms with E-state index in [0.717, 1.165) is 6.07 Å². The predicted molar refractivity (Wildman–Crippen MR) is 50.9 cm³/mol. The van der Waals surface area contributed by atoms with Crippen molar-refractivity contribution in [1.82, 2.24) is 0 Å². The maximum Gasteiger partial charge on any atom is 0.416 e. The van der Waals surface area contributed by atoms with Gasteiger partial charge >= 0.3 is 6.18 Å². The Morgan fingerprint density at radius 2 is 1.73 bits per heavy atom. The van der Waals surface area contributed by atoms with E-state index in [-0.39, 0.29) is 16.9 Å². The third-order valence-corrected chi connectivity index (χ3v) is 2.33. The van der Waals surface area contributed by atoms with Crippen LogP contribution in [-0.4, -0.2) is 5.78 Å². The first kappa shape index (κ1) is 11.8. The molecule has 82 valence electrons. The van der Waals surface area contributed by atoms with Crippen molar-refractivity contribution in [2.45, 2.75) is 26.9 Å². The number of carbonyl (C=O) groups excluding carboxylic acids is 1. The Hall–Kier alpha value is -1.32. The molecule has 0 fully saturated rings. The van der Waals surface area contributed by atoms with Gasteiger partial charge in [-0.15, -0.1) is 0 Å². The molecule has 0 N–H and O–H groups in total. The minimum atomic E-state index is -4.40. The molecular weight excluding hydrogens is 205 g/mol. The minimum absolute atomic E-state index is 0.00926. The van der Waals surface area contributed by atoms with E-state index in [1.54, 1.807) is 6.92 Å². The molecule has 1 aromatic carbocycles. The highest BCUT2D eigenvalue weighted by Crippen LogP contribution is 2.34. The summed E-state index contributed by atoms with van der Waals surface area (Å²) in [5.74, 6) is -0.337. The summed E-state index contributed by atoms with van der Waals surface area (Å²) in [5, 5.41) is 0. The SMILES string of the molecule is CC(=O)c1c(C)ccc(C(F)(F)F)c1C. The lowest BCUT2D eigenvalue weighted by molar-refractivity contribution is -0.138. The van der Waals surface area contributed by atoms with E-state index < -0.39 is 11.7 Å². The maximum absolute atomic E-state index is 12.5. The second-order valence-corrected chi connectivity index (χ2v) is 3.48. The van der Waals surface area contributed by atoms with Gasteiger partial charge in [0.2, 0.25) is 0 Å². The van der Waals surface area contributed by atoms with Gasteiger partial charge in [-0.1, -0.05) is 6.07 Å². The Kier molecular flexibility index (Phi) is 2.88. The summed E-state index contributed by atoms with van der Waals surface area (Å²) in [7, 11) is 0. The van der Waals surface area contributed by atoms with Crippen LogP contribution in [0.5, 0.6) is 0 Å². The number of benzene rings is 1. The van der Waals surface area contributed by atoms with E-state index in [1.165, 1.54) is 19.9 Å². The number of hydrogen-bond acceptors (Lipinski definition) is 1. The Bertz CT molecular complexity index is 405. The van der Waals surface area contributed by atoms with Crippen LogP contribution in [0.2, 0.25) is 0 Å². The van der Waals surface area contributed by atoms with E-state index in [2.05, 4.69) is 0 Å². The molecule has 4 heteroatoms. The second-order valence-electron chi connectivity index (χ2n) is 3.48. The van der Waals surface area contributed by atoms with Crippen molar-refractivity contribution >= 4 is 5.78 Å². The van der Waals surface area contributed by atoms with Crippen LogP contribution in [0.15, 0.2) is 12.1 Å². The fourth-order valence-corrected chi connectivity index (χ4v) is 1.70. The third kappa shape index (κ3) is 2.19. The van der Waals surface area contributed by atoms with Crippen molar-refractivity contribution in [3.63, 3.8) is 0 Å². The molecule has 1 rings (SSSR count). The van der Waals surface area contributed by atoms with Gasteiger partial charge in [-0.2, -0.15) is 13.2 Å². The maximum atomic E-state index is 12.5. The van der Waals surface area contributed by atoms with Crippen molar-refractivity contribution in [3.05, 3.63) is 34.4 Å². The summed E-state index contributed by atoms with van der Waals surface area (Å²) >= 11 is 0. The first-order valence-electron chi connectivity index (χ1n) is 4.43. The highest BCUT2D eigenvalue weighted by atomic mass is 19.4. The molecule has 1 nitrogen and oxygen atoms in total. The number of Topliss-reactive ketones (excluding diaryl/α,β-unsaturated/α-hetero) is 1. The van der Waals surface area contributed by atoms with Gasteiger partial charge in [0.05, 0.1) is 5.56 Å². The zero-order chi connectivity index (χ0) is 11.8. The van der Waals surface area contributed by atoms with Crippen LogP contribution in [0.4, 0.5) is 13.2 Å². The first-order chi connectivity index (χ1) is 6.75. The number of alkyl halides is 3. The third-order valence-electron chi connectivity index (χ3n) is 2.33. The molecule has 0 aliphatic heterocycles. The molecule has 0 saturated carbocycles. The zero-order valence-electron chi connectivity index (χ0n) is 8.70. The minimum Gasteiger partial charge on any atom is -0.294 e. The number of rotatable bonds is 1. The Labute approximate surface area is 85.9 Å². The van der Waals surface area contributed by atoms with Gasteiger partial charge < -0.3 is 0 Å². The van der Waals surface area contributed by atoms with Crippen molar-refractivity contribution in [2.24, 2.45) is 0 Å². The topological polar surface area (TPSA) is 17.1 Å². The Balaban J connectivity index is 3.49. The quantitative estimate of drug-likeness (QED) is 0.656. The van der Waals surface area contributed by atoms with Crippen molar-refractivity contribution < 1.29 is 18.0 Å². The monoisotopic (exact) mass is 216 g/mol. The molecule has 0 atom stereocenters. The highest BCUT2D eigenvalue weighted by Gasteiger charge is 2.33. The molecule has 15 heavy (non-hydrogen) atoms. The molecule has 0 radical (unpaired) electrons. The Morgan fingerprint density at radius 1 is 1.20 bits per heavy atom. The van der Waals surface area contributed by atoms with Gasteiger partial charge in [0.15, 0.2) is 5.78 Å². The average molecular weight is 216 g/mol. The summed E-state index contributed by atoms with van der Waals surface area (Å²) in [5.41, 5.74) is 0.0196. The van der Waals surface area contributed by atoms with Gasteiger partial charge in [0.25, 0.3) is 0 Å². The zero-order valence-corrected chi connectivity index (χ0v) is 8.70. The molecular formula is C11H11F3O. The van der Waals surface area contributed by atoms with Gasteiger partial charge in [-0.25, -0.2) is 0 Å². The van der Waals surface area contributed by atoms with Crippen LogP contribution < -0.4 is 0 Å². The van der Waals surface area contributed by atoms with Crippen molar-refractivity contribution in [2.75, 3.05) is 0 Å². The predicted octanol–water partition coefficient (Wildman–Crippen LogP) is 3.52. The van der Waals surface area contributed by atoms with Crippen LogP contribution in [0.3, 0.4) is 0 Å². The fraction of sp³-hybridized carbons (Fsp3) is 0.364. The molecule has 0 amide bonds. The number of ketones is 1. The van der Waals surface area contributed by atoms with Crippen LogP contribution in [0, 0.1) is 13.8 Å². The molecule has 0 aliphatic carbocycles. The fourth-order valence-electron chi connectivity index (χ4n) is 1.70. The van der Waals surface area contributed by atoms with Gasteiger partial charge in [-0.05, 0) is 38.0 Å². The van der Waals surface area contributed by atoms with E-state index in [0.29, 0.717) is 5.56 Å². The number of hydrogen-bond donors (Lipinski definition) is 0. The van der Waals surface area contributed by atoms with E-state index in [4.69, 9.17) is 0 Å². The van der Waals surface area contributed by atoms with Crippen LogP contribution >= 0.6 is 0 Å².